The third-order valence-corrected chi connectivity index (χ3v) is 4.19. The Hall–Kier alpha value is -1.84. The second-order valence-electron chi connectivity index (χ2n) is 5.80. The molecule has 0 aromatic heterocycles. The van der Waals surface area contributed by atoms with Gasteiger partial charge in [0.1, 0.15) is 0 Å². The number of carbonyl (C=O) groups is 2. The fourth-order valence-corrected chi connectivity index (χ4v) is 3.02. The van der Waals surface area contributed by atoms with Gasteiger partial charge in [0.15, 0.2) is 0 Å². The van der Waals surface area contributed by atoms with E-state index in [9.17, 15) is 9.59 Å². The summed E-state index contributed by atoms with van der Waals surface area (Å²) in [5, 5.41) is 12.1. The van der Waals surface area contributed by atoms with E-state index in [2.05, 4.69) is 12.2 Å². The van der Waals surface area contributed by atoms with Gasteiger partial charge in [-0.15, -0.1) is 0 Å². The Kier molecular flexibility index (Phi) is 5.37. The van der Waals surface area contributed by atoms with E-state index >= 15 is 0 Å². The maximum atomic E-state index is 12.4. The lowest BCUT2D eigenvalue weighted by atomic mass is 9.81. The topological polar surface area (TPSA) is 66.4 Å². The molecule has 1 aromatic carbocycles. The number of carbonyl (C=O) groups excluding carboxylic acids is 1. The van der Waals surface area contributed by atoms with Crippen LogP contribution in [0.3, 0.4) is 0 Å². The largest absolute Gasteiger partial charge is 0.481 e. The van der Waals surface area contributed by atoms with Gasteiger partial charge in [0.25, 0.3) is 0 Å². The summed E-state index contributed by atoms with van der Waals surface area (Å²) >= 11 is 0. The molecule has 1 aliphatic carbocycles. The summed E-state index contributed by atoms with van der Waals surface area (Å²) in [4.78, 5) is 23.5. The molecule has 1 amide bonds. The number of hydrogen-bond donors (Lipinski definition) is 2. The van der Waals surface area contributed by atoms with Crippen molar-refractivity contribution in [3.63, 3.8) is 0 Å². The van der Waals surface area contributed by atoms with Crippen LogP contribution < -0.4 is 5.32 Å². The summed E-state index contributed by atoms with van der Waals surface area (Å²) in [6, 6.07) is 7.83. The highest BCUT2D eigenvalue weighted by Gasteiger charge is 2.31. The average Bonchev–Trinajstić information content (AvgIpc) is 2.49. The highest BCUT2D eigenvalue weighted by atomic mass is 16.4. The molecule has 1 fully saturated rings. The molecule has 0 bridgehead atoms. The lowest BCUT2D eigenvalue weighted by Crippen LogP contribution is -2.31. The van der Waals surface area contributed by atoms with Crippen LogP contribution in [0.1, 0.15) is 44.6 Å². The first-order chi connectivity index (χ1) is 10.1. The smallest absolute Gasteiger partial charge is 0.306 e. The minimum Gasteiger partial charge on any atom is -0.481 e. The number of amides is 1. The van der Waals surface area contributed by atoms with Gasteiger partial charge in [-0.2, -0.15) is 0 Å². The Balaban J connectivity index is 2.02. The number of rotatable bonds is 5. The van der Waals surface area contributed by atoms with Crippen molar-refractivity contribution in [3.8, 4) is 0 Å². The predicted molar refractivity (Wildman–Crippen MR) is 82.2 cm³/mol. The zero-order valence-electron chi connectivity index (χ0n) is 12.5. The van der Waals surface area contributed by atoms with Gasteiger partial charge in [-0.25, -0.2) is 0 Å². The SMILES string of the molecule is CCCc1ccccc1NC(=O)C1CCCC(C(=O)O)C1. The number of nitrogens with one attached hydrogen (secondary N) is 1. The first-order valence-corrected chi connectivity index (χ1v) is 7.73. The second-order valence-corrected chi connectivity index (χ2v) is 5.80. The predicted octanol–water partition coefficient (Wildman–Crippen LogP) is 3.47. The van der Waals surface area contributed by atoms with E-state index in [4.69, 9.17) is 5.11 Å². The van der Waals surface area contributed by atoms with Gasteiger partial charge in [-0.05, 0) is 37.3 Å². The third-order valence-electron chi connectivity index (χ3n) is 4.19. The van der Waals surface area contributed by atoms with Crippen LogP contribution in [0.4, 0.5) is 5.69 Å². The van der Waals surface area contributed by atoms with E-state index in [1.54, 1.807) is 0 Å². The molecule has 4 heteroatoms. The number of para-hydroxylation sites is 1. The molecule has 1 aliphatic rings. The van der Waals surface area contributed by atoms with Gasteiger partial charge in [-0.1, -0.05) is 38.0 Å². The first kappa shape index (κ1) is 15.5. The second kappa shape index (κ2) is 7.25. The number of anilines is 1. The molecule has 1 aromatic rings. The fraction of sp³-hybridized carbons (Fsp3) is 0.529. The number of carboxylic acid groups (broad SMARTS) is 1. The van der Waals surface area contributed by atoms with Crippen LogP contribution in [0.25, 0.3) is 0 Å². The Morgan fingerprint density at radius 1 is 1.24 bits per heavy atom. The monoisotopic (exact) mass is 289 g/mol. The molecular weight excluding hydrogens is 266 g/mol. The molecule has 114 valence electrons. The van der Waals surface area contributed by atoms with Crippen molar-refractivity contribution in [2.45, 2.75) is 45.4 Å². The zero-order chi connectivity index (χ0) is 15.2. The van der Waals surface area contributed by atoms with E-state index in [0.29, 0.717) is 12.8 Å². The summed E-state index contributed by atoms with van der Waals surface area (Å²) in [5.41, 5.74) is 2.00. The lowest BCUT2D eigenvalue weighted by molar-refractivity contribution is -0.143. The maximum Gasteiger partial charge on any atom is 0.306 e. The number of benzene rings is 1. The molecule has 0 aliphatic heterocycles. The van der Waals surface area contributed by atoms with Crippen LogP contribution in [0.2, 0.25) is 0 Å². The summed E-state index contributed by atoms with van der Waals surface area (Å²) in [5.74, 6) is -1.38. The standard InChI is InChI=1S/C17H23NO3/c1-2-6-12-7-3-4-10-15(12)18-16(19)13-8-5-9-14(11-13)17(20)21/h3-4,7,10,13-14H,2,5-6,8-9,11H2,1H3,(H,18,19)(H,20,21). The van der Waals surface area contributed by atoms with E-state index in [1.807, 2.05) is 24.3 Å². The third kappa shape index (κ3) is 4.06. The van der Waals surface area contributed by atoms with Gasteiger partial charge in [-0.3, -0.25) is 9.59 Å². The molecule has 0 saturated heterocycles. The highest BCUT2D eigenvalue weighted by molar-refractivity contribution is 5.93. The Morgan fingerprint density at radius 2 is 1.95 bits per heavy atom. The average molecular weight is 289 g/mol. The molecule has 21 heavy (non-hydrogen) atoms. The molecule has 4 nitrogen and oxygen atoms in total. The van der Waals surface area contributed by atoms with Crippen LogP contribution in [-0.2, 0) is 16.0 Å². The Morgan fingerprint density at radius 3 is 2.67 bits per heavy atom. The van der Waals surface area contributed by atoms with Crippen LogP contribution in [-0.4, -0.2) is 17.0 Å². The Bertz CT molecular complexity index is 513. The van der Waals surface area contributed by atoms with Crippen molar-refractivity contribution in [3.05, 3.63) is 29.8 Å². The molecular formula is C17H23NO3. The zero-order valence-corrected chi connectivity index (χ0v) is 12.5. The molecule has 2 unspecified atom stereocenters. The van der Waals surface area contributed by atoms with E-state index in [1.165, 1.54) is 0 Å². The minimum atomic E-state index is -0.779. The van der Waals surface area contributed by atoms with E-state index < -0.39 is 5.97 Å². The number of aryl methyl sites for hydroxylation is 1. The van der Waals surface area contributed by atoms with Gasteiger partial charge in [0, 0.05) is 11.6 Å². The number of hydrogen-bond acceptors (Lipinski definition) is 2. The fourth-order valence-electron chi connectivity index (χ4n) is 3.02. The highest BCUT2D eigenvalue weighted by Crippen LogP contribution is 2.30. The molecule has 1 saturated carbocycles. The summed E-state index contributed by atoms with van der Waals surface area (Å²) in [6.45, 7) is 2.11. The molecule has 2 rings (SSSR count). The van der Waals surface area contributed by atoms with Crippen LogP contribution in [0, 0.1) is 11.8 Å². The summed E-state index contributed by atoms with van der Waals surface area (Å²) < 4.78 is 0. The van der Waals surface area contributed by atoms with Crippen molar-refractivity contribution >= 4 is 17.6 Å². The molecule has 0 spiro atoms. The van der Waals surface area contributed by atoms with Crippen molar-refractivity contribution in [1.82, 2.24) is 0 Å². The molecule has 2 N–H and O–H groups in total. The molecule has 0 radical (unpaired) electrons. The maximum absolute atomic E-state index is 12.4. The van der Waals surface area contributed by atoms with E-state index in [0.717, 1.165) is 36.9 Å². The quantitative estimate of drug-likeness (QED) is 0.872. The first-order valence-electron chi connectivity index (χ1n) is 7.73. The minimum absolute atomic E-state index is 0.0375. The van der Waals surface area contributed by atoms with Crippen LogP contribution in [0.15, 0.2) is 24.3 Å². The normalized spacial score (nSPS) is 21.8. The summed E-state index contributed by atoms with van der Waals surface area (Å²) in [6.07, 6.45) is 4.69. The van der Waals surface area contributed by atoms with Gasteiger partial charge >= 0.3 is 5.97 Å². The van der Waals surface area contributed by atoms with Gasteiger partial charge in [0.2, 0.25) is 5.91 Å². The van der Waals surface area contributed by atoms with Gasteiger partial charge < -0.3 is 10.4 Å². The molecule has 2 atom stereocenters. The molecule has 0 heterocycles. The van der Waals surface area contributed by atoms with Crippen molar-refractivity contribution in [2.75, 3.05) is 5.32 Å². The van der Waals surface area contributed by atoms with Crippen molar-refractivity contribution in [1.29, 1.82) is 0 Å². The van der Waals surface area contributed by atoms with Gasteiger partial charge in [0.05, 0.1) is 5.92 Å². The van der Waals surface area contributed by atoms with E-state index in [-0.39, 0.29) is 17.7 Å². The number of carboxylic acids is 1. The summed E-state index contributed by atoms with van der Waals surface area (Å²) in [7, 11) is 0. The number of aliphatic carboxylic acids is 1. The van der Waals surface area contributed by atoms with Crippen LogP contribution in [0.5, 0.6) is 0 Å². The lowest BCUT2D eigenvalue weighted by Gasteiger charge is -2.26. The Labute approximate surface area is 125 Å². The van der Waals surface area contributed by atoms with Crippen molar-refractivity contribution < 1.29 is 14.7 Å². The van der Waals surface area contributed by atoms with Crippen LogP contribution >= 0.6 is 0 Å². The van der Waals surface area contributed by atoms with Crippen molar-refractivity contribution in [2.24, 2.45) is 11.8 Å².